The van der Waals surface area contributed by atoms with Crippen LogP contribution in [0, 0.1) is 4.64 Å². The first-order valence-corrected chi connectivity index (χ1v) is 4.65. The highest BCUT2D eigenvalue weighted by Crippen LogP contribution is 2.29. The second kappa shape index (κ2) is 3.22. The molecule has 1 aromatic rings. The van der Waals surface area contributed by atoms with Crippen molar-refractivity contribution >= 4 is 47.0 Å². The van der Waals surface area contributed by atoms with Crippen molar-refractivity contribution in [1.82, 2.24) is 3.96 Å². The van der Waals surface area contributed by atoms with Crippen LogP contribution in [0.15, 0.2) is 0 Å². The van der Waals surface area contributed by atoms with E-state index in [0.717, 1.165) is 6.54 Å². The molecule has 0 N–H and O–H groups in total. The molecule has 1 nitrogen and oxygen atoms in total. The maximum atomic E-state index is 5.73. The lowest BCUT2D eigenvalue weighted by atomic mass is 10.7. The molecule has 10 heavy (non-hydrogen) atoms. The van der Waals surface area contributed by atoms with Gasteiger partial charge < -0.3 is 0 Å². The molecular formula is C5H5Cl2NS2. The summed E-state index contributed by atoms with van der Waals surface area (Å²) in [6, 6.07) is 0. The van der Waals surface area contributed by atoms with Gasteiger partial charge in [0.15, 0.2) is 0 Å². The second-order valence-corrected chi connectivity index (χ2v) is 4.08. The first-order valence-electron chi connectivity index (χ1n) is 2.72. The molecule has 56 valence electrons. The Balaban J connectivity index is 3.31. The van der Waals surface area contributed by atoms with Gasteiger partial charge in [-0.25, -0.2) is 0 Å². The number of hydrogen-bond donors (Lipinski definition) is 0. The van der Waals surface area contributed by atoms with E-state index < -0.39 is 0 Å². The zero-order valence-electron chi connectivity index (χ0n) is 5.23. The summed E-state index contributed by atoms with van der Waals surface area (Å²) in [5, 5.41) is 0.503. The summed E-state index contributed by atoms with van der Waals surface area (Å²) in [7, 11) is 0. The minimum absolute atomic E-state index is 0.503. The van der Waals surface area contributed by atoms with Gasteiger partial charge in [-0.05, 0) is 18.5 Å². The minimum atomic E-state index is 0.503. The fourth-order valence-electron chi connectivity index (χ4n) is 0.580. The smallest absolute Gasteiger partial charge is 0.136 e. The quantitative estimate of drug-likeness (QED) is 0.646. The van der Waals surface area contributed by atoms with Gasteiger partial charge in [0.05, 0.1) is 0 Å². The van der Waals surface area contributed by atoms with Crippen molar-refractivity contribution in [2.75, 3.05) is 0 Å². The van der Waals surface area contributed by atoms with Gasteiger partial charge in [0.2, 0.25) is 0 Å². The fourth-order valence-corrected chi connectivity index (χ4v) is 2.31. The lowest BCUT2D eigenvalue weighted by Crippen LogP contribution is -1.85. The van der Waals surface area contributed by atoms with Crippen LogP contribution in [0.5, 0.6) is 0 Å². The summed E-state index contributed by atoms with van der Waals surface area (Å²) in [4.78, 5) is 0. The van der Waals surface area contributed by atoms with Gasteiger partial charge in [-0.15, -0.1) is 0 Å². The average Bonchev–Trinajstić information content (AvgIpc) is 2.17. The highest BCUT2D eigenvalue weighted by molar-refractivity contribution is 7.71. The average molecular weight is 214 g/mol. The Bertz CT molecular complexity index is 288. The molecule has 0 aliphatic rings. The Morgan fingerprint density at radius 1 is 1.60 bits per heavy atom. The molecule has 1 aromatic heterocycles. The van der Waals surface area contributed by atoms with E-state index in [4.69, 9.17) is 35.4 Å². The van der Waals surface area contributed by atoms with Crippen LogP contribution in [0.2, 0.25) is 9.36 Å². The van der Waals surface area contributed by atoms with Gasteiger partial charge in [0.1, 0.15) is 14.0 Å². The molecule has 0 saturated carbocycles. The largest absolute Gasteiger partial charge is 0.286 e. The first kappa shape index (κ1) is 8.53. The zero-order valence-corrected chi connectivity index (χ0v) is 8.37. The van der Waals surface area contributed by atoms with E-state index >= 15 is 0 Å². The van der Waals surface area contributed by atoms with E-state index in [2.05, 4.69) is 0 Å². The molecule has 0 unspecified atom stereocenters. The molecule has 0 saturated heterocycles. The number of aromatic nitrogens is 1. The van der Waals surface area contributed by atoms with E-state index in [1.165, 1.54) is 11.5 Å². The van der Waals surface area contributed by atoms with E-state index in [-0.39, 0.29) is 0 Å². The molecule has 0 aliphatic carbocycles. The Morgan fingerprint density at radius 3 is 2.40 bits per heavy atom. The maximum absolute atomic E-state index is 5.73. The van der Waals surface area contributed by atoms with Gasteiger partial charge in [-0.3, -0.25) is 3.96 Å². The second-order valence-electron chi connectivity index (χ2n) is 1.68. The van der Waals surface area contributed by atoms with Crippen LogP contribution in [0.1, 0.15) is 6.92 Å². The molecule has 0 aromatic carbocycles. The Morgan fingerprint density at radius 2 is 2.20 bits per heavy atom. The number of hydrogen-bond acceptors (Lipinski definition) is 2. The molecule has 0 amide bonds. The van der Waals surface area contributed by atoms with Crippen LogP contribution in [0.25, 0.3) is 0 Å². The van der Waals surface area contributed by atoms with Gasteiger partial charge in [-0.2, -0.15) is 0 Å². The van der Waals surface area contributed by atoms with Gasteiger partial charge in [-0.1, -0.05) is 35.4 Å². The maximum Gasteiger partial charge on any atom is 0.136 e. The summed E-state index contributed by atoms with van der Waals surface area (Å²) < 4.78 is 3.09. The molecule has 0 fully saturated rings. The molecular weight excluding hydrogens is 209 g/mol. The SMILES string of the molecule is CCn1sc(Cl)c(Cl)c1=S. The number of rotatable bonds is 1. The minimum Gasteiger partial charge on any atom is -0.286 e. The monoisotopic (exact) mass is 213 g/mol. The van der Waals surface area contributed by atoms with Crippen molar-refractivity contribution in [3.8, 4) is 0 Å². The lowest BCUT2D eigenvalue weighted by molar-refractivity contribution is 0.828. The molecule has 0 bridgehead atoms. The van der Waals surface area contributed by atoms with Crippen molar-refractivity contribution in [3.63, 3.8) is 0 Å². The fraction of sp³-hybridized carbons (Fsp3) is 0.400. The predicted molar refractivity (Wildman–Crippen MR) is 48.8 cm³/mol. The summed E-state index contributed by atoms with van der Waals surface area (Å²) in [5.74, 6) is 0. The third-order valence-corrected chi connectivity index (χ3v) is 3.71. The van der Waals surface area contributed by atoms with Gasteiger partial charge >= 0.3 is 0 Å². The van der Waals surface area contributed by atoms with E-state index in [9.17, 15) is 0 Å². The Hall–Kier alpha value is 0.430. The highest BCUT2D eigenvalue weighted by atomic mass is 35.5. The van der Waals surface area contributed by atoms with E-state index in [1.54, 1.807) is 0 Å². The predicted octanol–water partition coefficient (Wildman–Crippen LogP) is 3.61. The Labute approximate surface area is 78.3 Å². The van der Waals surface area contributed by atoms with Crippen molar-refractivity contribution in [2.45, 2.75) is 13.5 Å². The molecule has 0 atom stereocenters. The van der Waals surface area contributed by atoms with E-state index in [0.29, 0.717) is 14.0 Å². The van der Waals surface area contributed by atoms with Crippen LogP contribution in [-0.4, -0.2) is 3.96 Å². The zero-order chi connectivity index (χ0) is 7.72. The lowest BCUT2D eigenvalue weighted by Gasteiger charge is -1.89. The topological polar surface area (TPSA) is 4.93 Å². The van der Waals surface area contributed by atoms with Crippen molar-refractivity contribution in [1.29, 1.82) is 0 Å². The van der Waals surface area contributed by atoms with Crippen LogP contribution in [0.4, 0.5) is 0 Å². The summed E-state index contributed by atoms with van der Waals surface area (Å²) in [5.41, 5.74) is 0. The molecule has 1 rings (SSSR count). The number of halogens is 2. The molecule has 0 spiro atoms. The van der Waals surface area contributed by atoms with Crippen LogP contribution in [-0.2, 0) is 6.54 Å². The summed E-state index contributed by atoms with van der Waals surface area (Å²) >= 11 is 17.8. The van der Waals surface area contributed by atoms with Crippen molar-refractivity contribution < 1.29 is 0 Å². The standard InChI is InChI=1S/C5H5Cl2NS2/c1-2-8-5(9)3(6)4(7)10-8/h2H2,1H3. The van der Waals surface area contributed by atoms with Crippen LogP contribution < -0.4 is 0 Å². The third kappa shape index (κ3) is 1.37. The normalized spacial score (nSPS) is 10.3. The summed E-state index contributed by atoms with van der Waals surface area (Å²) in [6.45, 7) is 2.83. The van der Waals surface area contributed by atoms with Crippen LogP contribution >= 0.6 is 47.0 Å². The molecule has 0 radical (unpaired) electrons. The molecule has 1 heterocycles. The highest BCUT2D eigenvalue weighted by Gasteiger charge is 2.05. The number of nitrogens with zero attached hydrogens (tertiary/aromatic N) is 1. The van der Waals surface area contributed by atoms with Crippen LogP contribution in [0.3, 0.4) is 0 Å². The van der Waals surface area contributed by atoms with Gasteiger partial charge in [0.25, 0.3) is 0 Å². The molecule has 0 aliphatic heterocycles. The third-order valence-electron chi connectivity index (χ3n) is 1.06. The number of aryl methyl sites for hydroxylation is 1. The molecule has 5 heteroatoms. The van der Waals surface area contributed by atoms with Gasteiger partial charge in [0, 0.05) is 6.54 Å². The van der Waals surface area contributed by atoms with Crippen molar-refractivity contribution in [2.24, 2.45) is 0 Å². The summed E-state index contributed by atoms with van der Waals surface area (Å²) in [6.07, 6.45) is 0. The van der Waals surface area contributed by atoms with Crippen molar-refractivity contribution in [3.05, 3.63) is 14.0 Å². The Kier molecular flexibility index (Phi) is 2.74. The first-order chi connectivity index (χ1) is 4.66. The van der Waals surface area contributed by atoms with E-state index in [1.807, 2.05) is 10.9 Å².